The Morgan fingerprint density at radius 2 is 2.38 bits per heavy atom. The first-order chi connectivity index (χ1) is 7.59. The molecule has 5 nitrogen and oxygen atoms in total. The molecule has 1 amide bonds. The average molecular weight is 333 g/mol. The third kappa shape index (κ3) is 2.42. The number of likely N-dealkylation sites (N-methyl/N-ethyl adjacent to an activating group) is 1. The van der Waals surface area contributed by atoms with Crippen LogP contribution in [0.25, 0.3) is 0 Å². The van der Waals surface area contributed by atoms with Crippen molar-refractivity contribution in [2.75, 3.05) is 7.05 Å². The van der Waals surface area contributed by atoms with Crippen LogP contribution in [0.15, 0.2) is 17.3 Å². The third-order valence-corrected chi connectivity index (χ3v) is 3.39. The van der Waals surface area contributed by atoms with Gasteiger partial charge in [-0.2, -0.15) is 0 Å². The van der Waals surface area contributed by atoms with E-state index in [2.05, 4.69) is 4.98 Å². The molecule has 0 unspecified atom stereocenters. The van der Waals surface area contributed by atoms with E-state index in [-0.39, 0.29) is 18.0 Å². The molecule has 1 saturated carbocycles. The van der Waals surface area contributed by atoms with Gasteiger partial charge in [-0.15, -0.1) is 0 Å². The van der Waals surface area contributed by atoms with Gasteiger partial charge in [-0.25, -0.2) is 4.98 Å². The Kier molecular flexibility index (Phi) is 3.27. The molecule has 6 heteroatoms. The number of hydrogen-bond donors (Lipinski definition) is 0. The van der Waals surface area contributed by atoms with Crippen molar-refractivity contribution in [2.45, 2.75) is 25.4 Å². The van der Waals surface area contributed by atoms with Crippen LogP contribution in [0, 0.1) is 3.57 Å². The van der Waals surface area contributed by atoms with E-state index in [4.69, 9.17) is 0 Å². The summed E-state index contributed by atoms with van der Waals surface area (Å²) in [6, 6.07) is 0.374. The van der Waals surface area contributed by atoms with E-state index in [0.717, 1.165) is 12.8 Å². The minimum atomic E-state index is -0.159. The molecular formula is C10H12IN3O2. The second-order valence-corrected chi connectivity index (χ2v) is 5.07. The van der Waals surface area contributed by atoms with E-state index in [1.807, 2.05) is 22.6 Å². The standard InChI is InChI=1S/C10H12IN3O2/c1-13(7-2-3-7)9(15)5-14-6-12-4-8(11)10(14)16/h4,6-7H,2-3,5H2,1H3. The van der Waals surface area contributed by atoms with Gasteiger partial charge in [0.05, 0.1) is 9.90 Å². The molecule has 1 aromatic rings. The number of carbonyl (C=O) groups is 1. The zero-order valence-corrected chi connectivity index (χ0v) is 11.0. The molecule has 1 aromatic heterocycles. The first-order valence-electron chi connectivity index (χ1n) is 5.05. The summed E-state index contributed by atoms with van der Waals surface area (Å²) in [6.07, 6.45) is 5.04. The predicted octanol–water partition coefficient (Wildman–Crippen LogP) is 0.469. The summed E-state index contributed by atoms with van der Waals surface area (Å²) in [7, 11) is 1.78. The molecule has 86 valence electrons. The fourth-order valence-corrected chi connectivity index (χ4v) is 1.93. The van der Waals surface area contributed by atoms with Crippen molar-refractivity contribution in [3.63, 3.8) is 0 Å². The fourth-order valence-electron chi connectivity index (χ4n) is 1.46. The van der Waals surface area contributed by atoms with Crippen LogP contribution in [0.1, 0.15) is 12.8 Å². The first kappa shape index (κ1) is 11.6. The second-order valence-electron chi connectivity index (χ2n) is 3.91. The molecule has 0 saturated heterocycles. The van der Waals surface area contributed by atoms with Crippen LogP contribution in [0.3, 0.4) is 0 Å². The van der Waals surface area contributed by atoms with Crippen molar-refractivity contribution in [2.24, 2.45) is 0 Å². The van der Waals surface area contributed by atoms with E-state index in [9.17, 15) is 9.59 Å². The number of halogens is 1. The quantitative estimate of drug-likeness (QED) is 0.756. The minimum absolute atomic E-state index is 0.0339. The topological polar surface area (TPSA) is 55.2 Å². The molecule has 0 bridgehead atoms. The molecular weight excluding hydrogens is 321 g/mol. The van der Waals surface area contributed by atoms with E-state index in [0.29, 0.717) is 9.61 Å². The van der Waals surface area contributed by atoms with Gasteiger partial charge in [0, 0.05) is 19.3 Å². The zero-order chi connectivity index (χ0) is 11.7. The Balaban J connectivity index is 2.11. The van der Waals surface area contributed by atoms with Gasteiger partial charge in [0.15, 0.2) is 0 Å². The van der Waals surface area contributed by atoms with Crippen LogP contribution in [0.2, 0.25) is 0 Å². The molecule has 0 aromatic carbocycles. The highest BCUT2D eigenvalue weighted by molar-refractivity contribution is 14.1. The molecule has 0 aliphatic heterocycles. The predicted molar refractivity (Wildman–Crippen MR) is 67.0 cm³/mol. The van der Waals surface area contributed by atoms with Gasteiger partial charge in [0.1, 0.15) is 6.54 Å². The van der Waals surface area contributed by atoms with Crippen LogP contribution < -0.4 is 5.56 Å². The second kappa shape index (κ2) is 4.52. The lowest BCUT2D eigenvalue weighted by molar-refractivity contribution is -0.131. The Hall–Kier alpha value is -0.920. The highest BCUT2D eigenvalue weighted by Crippen LogP contribution is 2.25. The van der Waals surface area contributed by atoms with Gasteiger partial charge < -0.3 is 4.90 Å². The largest absolute Gasteiger partial charge is 0.341 e. The number of hydrogen-bond acceptors (Lipinski definition) is 3. The monoisotopic (exact) mass is 333 g/mol. The van der Waals surface area contributed by atoms with Gasteiger partial charge in [-0.1, -0.05) is 0 Å². The highest BCUT2D eigenvalue weighted by Gasteiger charge is 2.29. The van der Waals surface area contributed by atoms with Gasteiger partial charge in [-0.3, -0.25) is 14.2 Å². The maximum Gasteiger partial charge on any atom is 0.267 e. The van der Waals surface area contributed by atoms with Crippen molar-refractivity contribution >= 4 is 28.5 Å². The summed E-state index contributed by atoms with van der Waals surface area (Å²) in [5, 5.41) is 0. The first-order valence-corrected chi connectivity index (χ1v) is 6.13. The van der Waals surface area contributed by atoms with Gasteiger partial charge in [-0.05, 0) is 35.4 Å². The molecule has 0 radical (unpaired) electrons. The number of aromatic nitrogens is 2. The number of amides is 1. The molecule has 0 spiro atoms. The van der Waals surface area contributed by atoms with Gasteiger partial charge >= 0.3 is 0 Å². The summed E-state index contributed by atoms with van der Waals surface area (Å²) >= 11 is 1.92. The lowest BCUT2D eigenvalue weighted by atomic mass is 10.4. The van der Waals surface area contributed by atoms with E-state index >= 15 is 0 Å². The smallest absolute Gasteiger partial charge is 0.267 e. The SMILES string of the molecule is CN(C(=O)Cn1cncc(I)c1=O)C1CC1. The third-order valence-electron chi connectivity index (χ3n) is 2.65. The average Bonchev–Trinajstić information content (AvgIpc) is 3.07. The highest BCUT2D eigenvalue weighted by atomic mass is 127. The lowest BCUT2D eigenvalue weighted by Crippen LogP contribution is -2.35. The van der Waals surface area contributed by atoms with Crippen molar-refractivity contribution in [3.05, 3.63) is 26.4 Å². The zero-order valence-electron chi connectivity index (χ0n) is 8.89. The van der Waals surface area contributed by atoms with Crippen LogP contribution in [0.4, 0.5) is 0 Å². The summed E-state index contributed by atoms with van der Waals surface area (Å²) in [5.74, 6) is -0.0339. The van der Waals surface area contributed by atoms with Crippen LogP contribution in [-0.4, -0.2) is 33.4 Å². The number of rotatable bonds is 3. The molecule has 0 N–H and O–H groups in total. The Morgan fingerprint density at radius 3 is 3.00 bits per heavy atom. The maximum absolute atomic E-state index is 11.8. The number of nitrogens with zero attached hydrogens (tertiary/aromatic N) is 3. The van der Waals surface area contributed by atoms with E-state index in [1.54, 1.807) is 11.9 Å². The molecule has 1 heterocycles. The molecule has 16 heavy (non-hydrogen) atoms. The summed E-state index contributed by atoms with van der Waals surface area (Å²) in [4.78, 5) is 29.1. The number of carbonyl (C=O) groups excluding carboxylic acids is 1. The summed E-state index contributed by atoms with van der Waals surface area (Å²) in [5.41, 5.74) is -0.159. The van der Waals surface area contributed by atoms with Crippen molar-refractivity contribution in [3.8, 4) is 0 Å². The lowest BCUT2D eigenvalue weighted by Gasteiger charge is -2.16. The molecule has 1 aliphatic carbocycles. The Morgan fingerprint density at radius 1 is 1.69 bits per heavy atom. The van der Waals surface area contributed by atoms with Crippen LogP contribution >= 0.6 is 22.6 Å². The molecule has 1 aliphatic rings. The molecule has 0 atom stereocenters. The molecule has 1 fully saturated rings. The van der Waals surface area contributed by atoms with Gasteiger partial charge in [0.25, 0.3) is 5.56 Å². The fraction of sp³-hybridized carbons (Fsp3) is 0.500. The van der Waals surface area contributed by atoms with Crippen LogP contribution in [-0.2, 0) is 11.3 Å². The van der Waals surface area contributed by atoms with E-state index < -0.39 is 0 Å². The van der Waals surface area contributed by atoms with Gasteiger partial charge in [0.2, 0.25) is 5.91 Å². The summed E-state index contributed by atoms with van der Waals surface area (Å²) in [6.45, 7) is 0.0790. The van der Waals surface area contributed by atoms with E-state index in [1.165, 1.54) is 17.1 Å². The van der Waals surface area contributed by atoms with Crippen molar-refractivity contribution < 1.29 is 4.79 Å². The maximum atomic E-state index is 11.8. The van der Waals surface area contributed by atoms with Crippen molar-refractivity contribution in [1.29, 1.82) is 0 Å². The normalized spacial score (nSPS) is 14.9. The Labute approximate surface area is 107 Å². The summed E-state index contributed by atoms with van der Waals surface area (Å²) < 4.78 is 1.88. The molecule has 2 rings (SSSR count). The van der Waals surface area contributed by atoms with Crippen molar-refractivity contribution in [1.82, 2.24) is 14.5 Å². The van der Waals surface area contributed by atoms with Crippen LogP contribution in [0.5, 0.6) is 0 Å². The Bertz CT molecular complexity index is 467. The minimum Gasteiger partial charge on any atom is -0.341 e.